The molecular formula is C23H29N5O. The Bertz CT molecular complexity index is 1010. The van der Waals surface area contributed by atoms with Crippen LogP contribution in [0.4, 0.5) is 0 Å². The summed E-state index contributed by atoms with van der Waals surface area (Å²) in [7, 11) is 3.91. The highest BCUT2D eigenvalue weighted by molar-refractivity contribution is 6.05. The Morgan fingerprint density at radius 2 is 2.03 bits per heavy atom. The standard InChI is InChI=1S/C23H29N5O/c1-17-19(15-25-27(17)3)16-28-13-6-8-20(11-14-28)26(2)23(29)22-21-9-5-4-7-18(21)10-12-24-22/h4-5,7,9-10,12,15,20H,6,8,11,13-14,16H2,1-3H3. The fourth-order valence-electron chi connectivity index (χ4n) is 4.25. The average molecular weight is 392 g/mol. The minimum absolute atomic E-state index is 0.0170. The highest BCUT2D eigenvalue weighted by atomic mass is 16.2. The number of benzene rings is 1. The molecule has 2 aromatic heterocycles. The summed E-state index contributed by atoms with van der Waals surface area (Å²) in [5.41, 5.74) is 3.06. The van der Waals surface area contributed by atoms with Crippen LogP contribution in [0.25, 0.3) is 10.8 Å². The number of aromatic nitrogens is 3. The van der Waals surface area contributed by atoms with Crippen LogP contribution in [-0.4, -0.2) is 56.7 Å². The van der Waals surface area contributed by atoms with Gasteiger partial charge in [-0.25, -0.2) is 0 Å². The van der Waals surface area contributed by atoms with Gasteiger partial charge < -0.3 is 4.90 Å². The largest absolute Gasteiger partial charge is 0.337 e. The molecular weight excluding hydrogens is 362 g/mol. The van der Waals surface area contributed by atoms with Gasteiger partial charge in [0.1, 0.15) is 5.69 Å². The van der Waals surface area contributed by atoms with Crippen LogP contribution in [0.2, 0.25) is 0 Å². The summed E-state index contributed by atoms with van der Waals surface area (Å²) in [6.07, 6.45) is 6.79. The molecule has 1 unspecified atom stereocenters. The molecule has 0 spiro atoms. The number of nitrogens with zero attached hydrogens (tertiary/aromatic N) is 5. The molecule has 29 heavy (non-hydrogen) atoms. The van der Waals surface area contributed by atoms with Gasteiger partial charge in [0.05, 0.1) is 6.20 Å². The predicted molar refractivity (Wildman–Crippen MR) is 115 cm³/mol. The fourth-order valence-corrected chi connectivity index (χ4v) is 4.25. The van der Waals surface area contributed by atoms with Crippen molar-refractivity contribution < 1.29 is 4.79 Å². The quantitative estimate of drug-likeness (QED) is 0.684. The number of fused-ring (bicyclic) bond motifs is 1. The summed E-state index contributed by atoms with van der Waals surface area (Å²) >= 11 is 0. The molecule has 152 valence electrons. The van der Waals surface area contributed by atoms with Crippen molar-refractivity contribution in [2.75, 3.05) is 20.1 Å². The van der Waals surface area contributed by atoms with Gasteiger partial charge in [-0.3, -0.25) is 19.4 Å². The van der Waals surface area contributed by atoms with Crippen molar-refractivity contribution in [1.82, 2.24) is 24.6 Å². The smallest absolute Gasteiger partial charge is 0.273 e. The first-order chi connectivity index (χ1) is 14.0. The molecule has 0 N–H and O–H groups in total. The van der Waals surface area contributed by atoms with E-state index in [0.717, 1.165) is 49.7 Å². The summed E-state index contributed by atoms with van der Waals surface area (Å²) < 4.78 is 1.93. The van der Waals surface area contributed by atoms with E-state index in [4.69, 9.17) is 0 Å². The Labute approximate surface area is 172 Å². The average Bonchev–Trinajstić information content (AvgIpc) is 2.94. The van der Waals surface area contributed by atoms with E-state index in [1.165, 1.54) is 11.3 Å². The molecule has 1 aromatic carbocycles. The molecule has 6 nitrogen and oxygen atoms in total. The van der Waals surface area contributed by atoms with Crippen LogP contribution < -0.4 is 0 Å². The Kier molecular flexibility index (Phi) is 5.62. The lowest BCUT2D eigenvalue weighted by Crippen LogP contribution is -2.38. The van der Waals surface area contributed by atoms with Crippen molar-refractivity contribution in [3.63, 3.8) is 0 Å². The molecule has 4 rings (SSSR count). The zero-order valence-corrected chi connectivity index (χ0v) is 17.5. The van der Waals surface area contributed by atoms with E-state index in [1.807, 2.05) is 60.2 Å². The molecule has 1 atom stereocenters. The summed E-state index contributed by atoms with van der Waals surface area (Å²) in [6.45, 7) is 5.08. The lowest BCUT2D eigenvalue weighted by molar-refractivity contribution is 0.0713. The number of hydrogen-bond acceptors (Lipinski definition) is 4. The number of carbonyl (C=O) groups is 1. The molecule has 1 aliphatic rings. The number of amides is 1. The molecule has 0 radical (unpaired) electrons. The van der Waals surface area contributed by atoms with Gasteiger partial charge in [-0.15, -0.1) is 0 Å². The van der Waals surface area contributed by atoms with E-state index in [-0.39, 0.29) is 11.9 Å². The van der Waals surface area contributed by atoms with Crippen molar-refractivity contribution in [2.45, 2.75) is 38.8 Å². The van der Waals surface area contributed by atoms with Crippen molar-refractivity contribution in [1.29, 1.82) is 0 Å². The number of pyridine rings is 1. The number of aryl methyl sites for hydroxylation is 1. The van der Waals surface area contributed by atoms with E-state index in [1.54, 1.807) is 6.20 Å². The third-order valence-corrected chi connectivity index (χ3v) is 6.27. The third kappa shape index (κ3) is 4.03. The maximum absolute atomic E-state index is 13.2. The first-order valence-electron chi connectivity index (χ1n) is 10.4. The van der Waals surface area contributed by atoms with Gasteiger partial charge >= 0.3 is 0 Å². The third-order valence-electron chi connectivity index (χ3n) is 6.27. The number of hydrogen-bond donors (Lipinski definition) is 0. The predicted octanol–water partition coefficient (Wildman–Crippen LogP) is 3.40. The lowest BCUT2D eigenvalue weighted by atomic mass is 10.1. The first-order valence-corrected chi connectivity index (χ1v) is 10.4. The van der Waals surface area contributed by atoms with E-state index in [0.29, 0.717) is 5.69 Å². The van der Waals surface area contributed by atoms with Crippen LogP contribution in [-0.2, 0) is 13.6 Å². The monoisotopic (exact) mass is 391 g/mol. The number of likely N-dealkylation sites (tertiary alicyclic amines) is 1. The van der Waals surface area contributed by atoms with Gasteiger partial charge in [0.2, 0.25) is 0 Å². The van der Waals surface area contributed by atoms with Crippen molar-refractivity contribution in [2.24, 2.45) is 7.05 Å². The van der Waals surface area contributed by atoms with Crippen LogP contribution >= 0.6 is 0 Å². The molecule has 0 aliphatic carbocycles. The highest BCUT2D eigenvalue weighted by Gasteiger charge is 2.26. The second-order valence-electron chi connectivity index (χ2n) is 8.04. The zero-order valence-electron chi connectivity index (χ0n) is 17.5. The zero-order chi connectivity index (χ0) is 20.4. The fraction of sp³-hybridized carbons (Fsp3) is 0.435. The summed E-state index contributed by atoms with van der Waals surface area (Å²) in [5.74, 6) is 0.0170. The van der Waals surface area contributed by atoms with E-state index in [2.05, 4.69) is 21.9 Å². The van der Waals surface area contributed by atoms with Gasteiger partial charge in [0.25, 0.3) is 5.91 Å². The maximum atomic E-state index is 13.2. The first kappa shape index (κ1) is 19.6. The van der Waals surface area contributed by atoms with E-state index >= 15 is 0 Å². The highest BCUT2D eigenvalue weighted by Crippen LogP contribution is 2.22. The second kappa shape index (κ2) is 8.33. The Hall–Kier alpha value is -2.73. The Morgan fingerprint density at radius 1 is 1.21 bits per heavy atom. The van der Waals surface area contributed by atoms with Crippen molar-refractivity contribution in [3.8, 4) is 0 Å². The molecule has 1 amide bonds. The number of rotatable bonds is 4. The van der Waals surface area contributed by atoms with Gasteiger partial charge in [0.15, 0.2) is 0 Å². The second-order valence-corrected chi connectivity index (χ2v) is 8.04. The number of carbonyl (C=O) groups excluding carboxylic acids is 1. The minimum atomic E-state index is 0.0170. The van der Waals surface area contributed by atoms with Crippen LogP contribution in [0.1, 0.15) is 41.0 Å². The lowest BCUT2D eigenvalue weighted by Gasteiger charge is -2.27. The van der Waals surface area contributed by atoms with Crippen LogP contribution in [0.15, 0.2) is 42.7 Å². The topological polar surface area (TPSA) is 54.3 Å². The van der Waals surface area contributed by atoms with Crippen LogP contribution in [0, 0.1) is 6.92 Å². The maximum Gasteiger partial charge on any atom is 0.273 e. The Morgan fingerprint density at radius 3 is 2.83 bits per heavy atom. The summed E-state index contributed by atoms with van der Waals surface area (Å²) in [4.78, 5) is 22.0. The molecule has 3 aromatic rings. The Balaban J connectivity index is 1.44. The molecule has 3 heterocycles. The molecule has 0 saturated carbocycles. The SMILES string of the molecule is Cc1c(CN2CCCC(N(C)C(=O)c3nccc4ccccc34)CC2)cnn1C. The van der Waals surface area contributed by atoms with Crippen LogP contribution in [0.5, 0.6) is 0 Å². The summed E-state index contributed by atoms with van der Waals surface area (Å²) in [5, 5.41) is 6.34. The van der Waals surface area contributed by atoms with E-state index < -0.39 is 0 Å². The van der Waals surface area contributed by atoms with Gasteiger partial charge in [-0.2, -0.15) is 5.10 Å². The van der Waals surface area contributed by atoms with Crippen molar-refractivity contribution >= 4 is 16.7 Å². The van der Waals surface area contributed by atoms with Gasteiger partial charge in [-0.1, -0.05) is 24.3 Å². The molecule has 1 saturated heterocycles. The molecule has 0 bridgehead atoms. The van der Waals surface area contributed by atoms with Gasteiger partial charge in [-0.05, 0) is 44.2 Å². The molecule has 6 heteroatoms. The van der Waals surface area contributed by atoms with E-state index in [9.17, 15) is 4.79 Å². The van der Waals surface area contributed by atoms with Crippen LogP contribution in [0.3, 0.4) is 0 Å². The summed E-state index contributed by atoms with van der Waals surface area (Å²) in [6, 6.07) is 10.2. The molecule has 1 fully saturated rings. The normalized spacial score (nSPS) is 18.0. The minimum Gasteiger partial charge on any atom is -0.337 e. The molecule has 1 aliphatic heterocycles. The van der Waals surface area contributed by atoms with Gasteiger partial charge in [0, 0.05) is 56.1 Å². The van der Waals surface area contributed by atoms with Crippen molar-refractivity contribution in [3.05, 3.63) is 59.7 Å².